The summed E-state index contributed by atoms with van der Waals surface area (Å²) in [6.45, 7) is 0.267. The van der Waals surface area contributed by atoms with Gasteiger partial charge in [-0.2, -0.15) is 0 Å². The van der Waals surface area contributed by atoms with Crippen molar-refractivity contribution in [2.24, 2.45) is 0 Å². The van der Waals surface area contributed by atoms with Gasteiger partial charge in [0.2, 0.25) is 5.69 Å². The van der Waals surface area contributed by atoms with E-state index in [2.05, 4.69) is 45.5 Å². The van der Waals surface area contributed by atoms with E-state index >= 15 is 0 Å². The number of ether oxygens (including phenoxy) is 1. The number of carbonyl (C=O) groups excluding carboxylic acids is 1. The molecule has 0 saturated heterocycles. The van der Waals surface area contributed by atoms with Crippen molar-refractivity contribution in [2.75, 3.05) is 0 Å². The van der Waals surface area contributed by atoms with Gasteiger partial charge in [-0.1, -0.05) is 42.5 Å². The Labute approximate surface area is 168 Å². The smallest absolute Gasteiger partial charge is 0.404 e. The third-order valence-electron chi connectivity index (χ3n) is 3.50. The second-order valence-corrected chi connectivity index (χ2v) is 7.25. The number of aromatic nitrogens is 1. The molecule has 5 heteroatoms. The second-order valence-electron chi connectivity index (χ2n) is 5.12. The fourth-order valence-corrected chi connectivity index (χ4v) is 3.74. The number of hydrogen-bond donors (Lipinski definition) is 0. The zero-order chi connectivity index (χ0) is 16.9. The molecule has 0 bridgehead atoms. The molecule has 0 saturated carbocycles. The lowest BCUT2D eigenvalue weighted by Crippen LogP contribution is -2.32. The molecule has 1 aromatic heterocycles. The first-order valence-electron chi connectivity index (χ1n) is 7.34. The predicted octanol–water partition coefficient (Wildman–Crippen LogP) is 4.80. The highest BCUT2D eigenvalue weighted by atomic mass is 127. The van der Waals surface area contributed by atoms with Crippen LogP contribution in [0.25, 0.3) is 11.3 Å². The van der Waals surface area contributed by atoms with Gasteiger partial charge < -0.3 is 4.74 Å². The summed E-state index contributed by atoms with van der Waals surface area (Å²) in [6, 6.07) is 23.4. The zero-order valence-corrected chi connectivity index (χ0v) is 17.0. The monoisotopic (exact) mass is 542 g/mol. The lowest BCUT2D eigenvalue weighted by Gasteiger charge is -2.06. The van der Waals surface area contributed by atoms with Crippen LogP contribution >= 0.6 is 45.5 Å². The zero-order valence-electron chi connectivity index (χ0n) is 12.7. The fourth-order valence-electron chi connectivity index (χ4n) is 2.30. The van der Waals surface area contributed by atoms with Gasteiger partial charge in [-0.05, 0) is 46.4 Å². The molecule has 120 valence electrons. The molecule has 24 heavy (non-hydrogen) atoms. The molecule has 0 spiro atoms. The van der Waals surface area contributed by atoms with Crippen molar-refractivity contribution in [2.45, 2.75) is 6.61 Å². The molecule has 0 unspecified atom stereocenters. The maximum Gasteiger partial charge on any atom is 0.404 e. The Hall–Kier alpha value is -1.48. The quantitative estimate of drug-likeness (QED) is 0.351. The number of nitrogens with zero attached hydrogens (tertiary/aromatic N) is 1. The normalized spacial score (nSPS) is 10.4. The van der Waals surface area contributed by atoms with Crippen LogP contribution in [0, 0.1) is 3.57 Å². The van der Waals surface area contributed by atoms with Crippen LogP contribution in [-0.2, 0) is 11.3 Å². The van der Waals surface area contributed by atoms with Gasteiger partial charge in [0, 0.05) is 15.7 Å². The van der Waals surface area contributed by atoms with Gasteiger partial charge in [0.15, 0.2) is 0 Å². The molecule has 0 aliphatic heterocycles. The number of rotatable bonds is 4. The van der Waals surface area contributed by atoms with Crippen molar-refractivity contribution < 1.29 is 12.3 Å². The summed E-state index contributed by atoms with van der Waals surface area (Å²) < 4.78 is 8.43. The van der Waals surface area contributed by atoms with Crippen LogP contribution in [0.4, 0.5) is 0 Å². The van der Waals surface area contributed by atoms with Gasteiger partial charge in [0.25, 0.3) is 5.69 Å². The lowest BCUT2D eigenvalue weighted by molar-refractivity contribution is -0.432. The van der Waals surface area contributed by atoms with E-state index in [4.69, 9.17) is 4.74 Å². The van der Waals surface area contributed by atoms with Crippen LogP contribution in [0.1, 0.15) is 16.1 Å². The standard InChI is InChI=1S/C19H14I2NO2/c20-16-10-5-4-9-15(16)17-11-6-12-18(22(17)21)19(23)24-13-14-7-2-1-3-8-14/h1-12H,13H2/q+1. The first-order chi connectivity index (χ1) is 11.7. The Morgan fingerprint density at radius 3 is 2.38 bits per heavy atom. The van der Waals surface area contributed by atoms with Crippen molar-refractivity contribution in [1.82, 2.24) is 0 Å². The Morgan fingerprint density at radius 1 is 0.917 bits per heavy atom. The van der Waals surface area contributed by atoms with E-state index in [1.54, 1.807) is 6.07 Å². The molecule has 3 aromatic rings. The Balaban J connectivity index is 1.85. The van der Waals surface area contributed by atoms with E-state index in [9.17, 15) is 4.79 Å². The summed E-state index contributed by atoms with van der Waals surface area (Å²) in [4.78, 5) is 12.5. The first-order valence-corrected chi connectivity index (χ1v) is 9.38. The molecular weight excluding hydrogens is 528 g/mol. The number of carbonyl (C=O) groups is 1. The van der Waals surface area contributed by atoms with Crippen LogP contribution in [0.2, 0.25) is 0 Å². The number of hydrogen-bond acceptors (Lipinski definition) is 2. The van der Waals surface area contributed by atoms with Gasteiger partial charge in [-0.3, -0.25) is 0 Å². The van der Waals surface area contributed by atoms with Gasteiger partial charge in [0.05, 0.1) is 5.56 Å². The maximum absolute atomic E-state index is 12.5. The lowest BCUT2D eigenvalue weighted by atomic mass is 10.1. The minimum atomic E-state index is -0.332. The average molecular weight is 542 g/mol. The summed E-state index contributed by atoms with van der Waals surface area (Å²) in [5.74, 6) is -0.332. The summed E-state index contributed by atoms with van der Waals surface area (Å²) in [6.07, 6.45) is 0. The maximum atomic E-state index is 12.5. The fraction of sp³-hybridized carbons (Fsp3) is 0.0526. The summed E-state index contributed by atoms with van der Waals surface area (Å²) in [5.41, 5.74) is 3.54. The van der Waals surface area contributed by atoms with Crippen molar-refractivity contribution in [3.05, 3.63) is 87.6 Å². The number of halogens is 2. The summed E-state index contributed by atoms with van der Waals surface area (Å²) in [5, 5.41) is 0. The van der Waals surface area contributed by atoms with Crippen LogP contribution in [0.15, 0.2) is 72.8 Å². The Bertz CT molecular complexity index is 866. The summed E-state index contributed by atoms with van der Waals surface area (Å²) in [7, 11) is 0. The molecule has 1 heterocycles. The van der Waals surface area contributed by atoms with Crippen molar-refractivity contribution >= 4 is 51.4 Å². The Kier molecular flexibility index (Phi) is 5.83. The molecule has 0 fully saturated rings. The SMILES string of the molecule is O=C(OCc1ccccc1)c1cccc(-c2ccccc2I)[n+]1I. The van der Waals surface area contributed by atoms with E-state index in [1.165, 1.54) is 0 Å². The molecule has 0 atom stereocenters. The highest BCUT2D eigenvalue weighted by Crippen LogP contribution is 2.23. The molecule has 0 aliphatic rings. The van der Waals surface area contributed by atoms with Crippen molar-refractivity contribution in [1.29, 1.82) is 0 Å². The van der Waals surface area contributed by atoms with E-state index in [0.29, 0.717) is 5.69 Å². The first kappa shape index (κ1) is 17.3. The van der Waals surface area contributed by atoms with Crippen LogP contribution in [0.5, 0.6) is 0 Å². The highest BCUT2D eigenvalue weighted by molar-refractivity contribution is 14.1. The Morgan fingerprint density at radius 2 is 1.62 bits per heavy atom. The van der Waals surface area contributed by atoms with E-state index in [0.717, 1.165) is 20.4 Å². The second kappa shape index (κ2) is 8.06. The minimum Gasteiger partial charge on any atom is -0.453 e. The molecule has 0 amide bonds. The molecular formula is C19H14I2NO2+. The molecule has 3 nitrogen and oxygen atoms in total. The predicted molar refractivity (Wildman–Crippen MR) is 110 cm³/mol. The van der Waals surface area contributed by atoms with E-state index < -0.39 is 0 Å². The molecule has 3 rings (SSSR count). The van der Waals surface area contributed by atoms with Crippen molar-refractivity contribution in [3.8, 4) is 11.3 Å². The molecule has 0 N–H and O–H groups in total. The number of benzene rings is 2. The van der Waals surface area contributed by atoms with Gasteiger partial charge in [0.1, 0.15) is 6.61 Å². The molecule has 0 radical (unpaired) electrons. The minimum absolute atomic E-state index is 0.267. The third-order valence-corrected chi connectivity index (χ3v) is 5.48. The van der Waals surface area contributed by atoms with Gasteiger partial charge in [-0.15, -0.1) is 2.78 Å². The van der Waals surface area contributed by atoms with Crippen LogP contribution < -0.4 is 2.78 Å². The van der Waals surface area contributed by atoms with E-state index in [1.807, 2.05) is 69.5 Å². The number of esters is 1. The average Bonchev–Trinajstić information content (AvgIpc) is 2.61. The highest BCUT2D eigenvalue weighted by Gasteiger charge is 2.24. The van der Waals surface area contributed by atoms with Gasteiger partial charge in [-0.25, -0.2) is 4.79 Å². The van der Waals surface area contributed by atoms with Crippen LogP contribution in [-0.4, -0.2) is 5.97 Å². The third kappa shape index (κ3) is 3.94. The molecule has 2 aromatic carbocycles. The van der Waals surface area contributed by atoms with Crippen molar-refractivity contribution in [3.63, 3.8) is 0 Å². The number of pyridine rings is 1. The van der Waals surface area contributed by atoms with Crippen LogP contribution in [0.3, 0.4) is 0 Å². The summed E-state index contributed by atoms with van der Waals surface area (Å²) >= 11 is 4.44. The van der Waals surface area contributed by atoms with E-state index in [-0.39, 0.29) is 12.6 Å². The topological polar surface area (TPSA) is 30.2 Å². The largest absolute Gasteiger partial charge is 0.453 e. The molecule has 0 aliphatic carbocycles. The van der Waals surface area contributed by atoms with Gasteiger partial charge >= 0.3 is 28.8 Å².